The molecule has 178 valence electrons. The molecule has 4 saturated carbocycles. The molecule has 2 heteroatoms. The molecule has 0 aliphatic heterocycles. The van der Waals surface area contributed by atoms with Gasteiger partial charge < -0.3 is 5.11 Å². The minimum Gasteiger partial charge on any atom is -0.481 e. The highest BCUT2D eigenvalue weighted by Crippen LogP contribution is 2.77. The van der Waals surface area contributed by atoms with Crippen LogP contribution < -0.4 is 0 Å². The molecule has 5 rings (SSSR count). The average molecular weight is 439 g/mol. The van der Waals surface area contributed by atoms with Crippen molar-refractivity contribution in [1.29, 1.82) is 0 Å². The molecule has 0 unspecified atom stereocenters. The van der Waals surface area contributed by atoms with E-state index in [0.717, 1.165) is 37.5 Å². The van der Waals surface area contributed by atoms with Crippen molar-refractivity contribution in [3.05, 3.63) is 24.3 Å². The van der Waals surface area contributed by atoms with Crippen LogP contribution in [0.15, 0.2) is 24.3 Å². The third kappa shape index (κ3) is 2.56. The van der Waals surface area contributed by atoms with Gasteiger partial charge >= 0.3 is 5.97 Å². The molecule has 0 heterocycles. The molecule has 0 aromatic carbocycles. The van der Waals surface area contributed by atoms with Crippen molar-refractivity contribution in [2.45, 2.75) is 99.3 Å². The summed E-state index contributed by atoms with van der Waals surface area (Å²) in [5, 5.41) is 10.5. The normalized spacial score (nSPS) is 53.5. The summed E-state index contributed by atoms with van der Waals surface area (Å²) < 4.78 is 0. The molecule has 9 atom stereocenters. The van der Waals surface area contributed by atoms with Crippen LogP contribution in [-0.4, -0.2) is 11.1 Å². The summed E-state index contributed by atoms with van der Waals surface area (Å²) in [6.07, 6.45) is 15.2. The zero-order chi connectivity index (χ0) is 23.3. The van der Waals surface area contributed by atoms with Gasteiger partial charge in [-0.2, -0.15) is 0 Å². The Kier molecular flexibility index (Phi) is 4.80. The molecule has 2 nitrogen and oxygen atoms in total. The van der Waals surface area contributed by atoms with E-state index in [0.29, 0.717) is 22.7 Å². The number of carboxylic acids is 1. The Hall–Kier alpha value is -1.05. The molecular formula is C30H46O2. The number of carbonyl (C=O) groups is 1. The number of hydrogen-bond donors (Lipinski definition) is 1. The minimum atomic E-state index is -0.518. The lowest BCUT2D eigenvalue weighted by atomic mass is 9.33. The Bertz CT molecular complexity index is 868. The monoisotopic (exact) mass is 438 g/mol. The van der Waals surface area contributed by atoms with E-state index in [-0.39, 0.29) is 16.7 Å². The van der Waals surface area contributed by atoms with Crippen molar-refractivity contribution in [1.82, 2.24) is 0 Å². The summed E-state index contributed by atoms with van der Waals surface area (Å²) in [6, 6.07) is 0. The first-order valence-electron chi connectivity index (χ1n) is 13.4. The zero-order valence-electron chi connectivity index (χ0n) is 21.5. The van der Waals surface area contributed by atoms with Gasteiger partial charge in [0.05, 0.1) is 5.41 Å². The Morgan fingerprint density at radius 2 is 1.62 bits per heavy atom. The highest BCUT2D eigenvalue weighted by Gasteiger charge is 2.71. The highest BCUT2D eigenvalue weighted by atomic mass is 16.4. The van der Waals surface area contributed by atoms with E-state index in [9.17, 15) is 9.90 Å². The van der Waals surface area contributed by atoms with Gasteiger partial charge in [-0.1, -0.05) is 58.9 Å². The fraction of sp³-hybridized carbons (Fsp3) is 0.833. The van der Waals surface area contributed by atoms with Crippen LogP contribution in [0.25, 0.3) is 0 Å². The number of fused-ring (bicyclic) bond motifs is 7. The maximum Gasteiger partial charge on any atom is 0.309 e. The van der Waals surface area contributed by atoms with Crippen molar-refractivity contribution in [2.75, 3.05) is 0 Å². The van der Waals surface area contributed by atoms with Crippen LogP contribution in [0.3, 0.4) is 0 Å². The molecule has 0 radical (unpaired) electrons. The fourth-order valence-corrected chi connectivity index (χ4v) is 11.1. The smallest absolute Gasteiger partial charge is 0.309 e. The predicted molar refractivity (Wildman–Crippen MR) is 131 cm³/mol. The van der Waals surface area contributed by atoms with Gasteiger partial charge in [-0.05, 0) is 116 Å². The van der Waals surface area contributed by atoms with Gasteiger partial charge in [0.2, 0.25) is 0 Å². The largest absolute Gasteiger partial charge is 0.481 e. The third-order valence-electron chi connectivity index (χ3n) is 12.8. The number of carboxylic acid groups (broad SMARTS) is 1. The van der Waals surface area contributed by atoms with Gasteiger partial charge in [-0.15, -0.1) is 0 Å². The number of allylic oxidation sites excluding steroid dienone is 3. The van der Waals surface area contributed by atoms with Gasteiger partial charge in [0, 0.05) is 0 Å². The summed E-state index contributed by atoms with van der Waals surface area (Å²) in [7, 11) is 0. The molecule has 0 bridgehead atoms. The molecular weight excluding hydrogens is 392 g/mol. The lowest BCUT2D eigenvalue weighted by Crippen LogP contribution is -2.65. The SMILES string of the molecule is C=C(C)[C@@H]1CC[C@]2(C(=O)O)CC[C@]3(C)[C@H](CC[C@@H]4[C@@]5(C)CC=CC(C)(C)[C@@H]5CC[C@]43C)[C@@H]12. The first-order chi connectivity index (χ1) is 14.8. The zero-order valence-corrected chi connectivity index (χ0v) is 21.5. The molecule has 1 N–H and O–H groups in total. The van der Waals surface area contributed by atoms with Crippen molar-refractivity contribution < 1.29 is 9.90 Å². The number of rotatable bonds is 2. The first-order valence-corrected chi connectivity index (χ1v) is 13.4. The van der Waals surface area contributed by atoms with Crippen molar-refractivity contribution >= 4 is 5.97 Å². The van der Waals surface area contributed by atoms with Crippen LogP contribution in [0, 0.1) is 56.7 Å². The van der Waals surface area contributed by atoms with Crippen LogP contribution in [0.4, 0.5) is 0 Å². The summed E-state index contributed by atoms with van der Waals surface area (Å²) in [4.78, 5) is 12.7. The van der Waals surface area contributed by atoms with E-state index >= 15 is 0 Å². The van der Waals surface area contributed by atoms with E-state index in [1.54, 1.807) is 0 Å². The van der Waals surface area contributed by atoms with Gasteiger partial charge in [0.1, 0.15) is 0 Å². The van der Waals surface area contributed by atoms with Gasteiger partial charge in [-0.3, -0.25) is 4.79 Å². The molecule has 5 aliphatic carbocycles. The molecule has 0 aromatic rings. The van der Waals surface area contributed by atoms with Gasteiger partial charge in [-0.25, -0.2) is 0 Å². The Morgan fingerprint density at radius 3 is 2.28 bits per heavy atom. The highest BCUT2D eigenvalue weighted by molar-refractivity contribution is 5.76. The standard InChI is InChI=1S/C30H46O2/c1-19(2)20-11-16-30(25(31)32)18-17-28(6)21(24(20)30)9-10-23-27(5)14-8-13-26(3,4)22(27)12-15-29(23,28)7/h8,13,20-24H,1,9-12,14-18H2,2-7H3,(H,31,32)/t20-,21+,22-,23+,24+,27-,28+,29+,30-/m0/s1. The summed E-state index contributed by atoms with van der Waals surface area (Å²) in [6.45, 7) is 19.3. The summed E-state index contributed by atoms with van der Waals surface area (Å²) in [5.41, 5.74) is 1.90. The molecule has 32 heavy (non-hydrogen) atoms. The predicted octanol–water partition coefficient (Wildman–Crippen LogP) is 7.89. The average Bonchev–Trinajstić information content (AvgIpc) is 3.09. The molecule has 0 aromatic heterocycles. The lowest BCUT2D eigenvalue weighted by molar-refractivity contribution is -0.228. The van der Waals surface area contributed by atoms with Crippen LogP contribution in [0.1, 0.15) is 99.3 Å². The molecule has 5 aliphatic rings. The Labute approximate surface area is 196 Å². The first kappa shape index (κ1) is 22.7. The van der Waals surface area contributed by atoms with E-state index in [4.69, 9.17) is 0 Å². The fourth-order valence-electron chi connectivity index (χ4n) is 11.1. The van der Waals surface area contributed by atoms with E-state index in [2.05, 4.69) is 60.3 Å². The van der Waals surface area contributed by atoms with Crippen molar-refractivity contribution in [3.63, 3.8) is 0 Å². The van der Waals surface area contributed by atoms with Crippen LogP contribution in [0.5, 0.6) is 0 Å². The van der Waals surface area contributed by atoms with Crippen molar-refractivity contribution in [3.8, 4) is 0 Å². The second-order valence-electron chi connectivity index (χ2n) is 14.1. The Balaban J connectivity index is 1.58. The molecule has 0 spiro atoms. The second-order valence-corrected chi connectivity index (χ2v) is 14.1. The molecule has 0 amide bonds. The third-order valence-corrected chi connectivity index (χ3v) is 12.8. The van der Waals surface area contributed by atoms with E-state index < -0.39 is 11.4 Å². The summed E-state index contributed by atoms with van der Waals surface area (Å²) >= 11 is 0. The Morgan fingerprint density at radius 1 is 0.906 bits per heavy atom. The maximum absolute atomic E-state index is 12.7. The molecule has 4 fully saturated rings. The number of aliphatic carboxylic acids is 1. The van der Waals surface area contributed by atoms with Crippen molar-refractivity contribution in [2.24, 2.45) is 56.7 Å². The van der Waals surface area contributed by atoms with E-state index in [1.165, 1.54) is 37.7 Å². The van der Waals surface area contributed by atoms with E-state index in [1.807, 2.05) is 0 Å². The van der Waals surface area contributed by atoms with Crippen LogP contribution >= 0.6 is 0 Å². The minimum absolute atomic E-state index is 0.233. The van der Waals surface area contributed by atoms with Crippen LogP contribution in [-0.2, 0) is 4.79 Å². The number of hydrogen-bond acceptors (Lipinski definition) is 1. The van der Waals surface area contributed by atoms with Gasteiger partial charge in [0.15, 0.2) is 0 Å². The summed E-state index contributed by atoms with van der Waals surface area (Å²) in [5.74, 6) is 2.16. The van der Waals surface area contributed by atoms with Crippen LogP contribution in [0.2, 0.25) is 0 Å². The molecule has 0 saturated heterocycles. The quantitative estimate of drug-likeness (QED) is 0.445. The maximum atomic E-state index is 12.7. The topological polar surface area (TPSA) is 37.3 Å². The van der Waals surface area contributed by atoms with Gasteiger partial charge in [0.25, 0.3) is 0 Å². The lowest BCUT2D eigenvalue weighted by Gasteiger charge is -2.71. The second kappa shape index (κ2) is 6.76.